The van der Waals surface area contributed by atoms with Gasteiger partial charge in [0, 0.05) is 16.7 Å². The third kappa shape index (κ3) is 4.26. The van der Waals surface area contributed by atoms with Crippen molar-refractivity contribution in [3.05, 3.63) is 88.2 Å². The molecule has 0 saturated heterocycles. The Morgan fingerprint density at radius 3 is 2.61 bits per heavy atom. The number of allylic oxidation sites excluding steroid dienone is 1. The van der Waals surface area contributed by atoms with Gasteiger partial charge in [-0.3, -0.25) is 9.59 Å². The van der Waals surface area contributed by atoms with Crippen LogP contribution in [0.4, 0.5) is 5.69 Å². The Kier molecular flexibility index (Phi) is 6.30. The van der Waals surface area contributed by atoms with E-state index in [0.29, 0.717) is 23.0 Å². The van der Waals surface area contributed by atoms with Gasteiger partial charge in [0.1, 0.15) is 0 Å². The molecule has 2 aromatic carbocycles. The number of rotatable bonds is 7. The van der Waals surface area contributed by atoms with Crippen LogP contribution in [0.25, 0.3) is 17.0 Å². The highest BCUT2D eigenvalue weighted by Crippen LogP contribution is 2.42. The molecule has 5 rings (SSSR count). The van der Waals surface area contributed by atoms with Crippen LogP contribution in [-0.2, 0) is 23.2 Å². The van der Waals surface area contributed by atoms with Crippen molar-refractivity contribution in [2.75, 3.05) is 11.1 Å². The van der Waals surface area contributed by atoms with Crippen LogP contribution < -0.4 is 10.9 Å². The summed E-state index contributed by atoms with van der Waals surface area (Å²) in [5.74, 6) is 0.411. The number of nitrogens with one attached hydrogen (secondary N) is 1. The van der Waals surface area contributed by atoms with Gasteiger partial charge in [-0.15, -0.1) is 5.10 Å². The Bertz CT molecular complexity index is 1540. The van der Waals surface area contributed by atoms with E-state index in [9.17, 15) is 9.59 Å². The van der Waals surface area contributed by atoms with Gasteiger partial charge in [0.2, 0.25) is 11.7 Å². The molecule has 2 heterocycles. The van der Waals surface area contributed by atoms with E-state index >= 15 is 0 Å². The molecule has 0 aliphatic heterocycles. The fourth-order valence-electron chi connectivity index (χ4n) is 4.81. The number of thioether (sulfide) groups is 1. The molecule has 0 fully saturated rings. The first-order chi connectivity index (χ1) is 17.3. The Morgan fingerprint density at radius 1 is 1.17 bits per heavy atom. The summed E-state index contributed by atoms with van der Waals surface area (Å²) in [5, 5.41) is 8.05. The van der Waals surface area contributed by atoms with Gasteiger partial charge in [-0.05, 0) is 37.5 Å². The largest absolute Gasteiger partial charge is 0.325 e. The van der Waals surface area contributed by atoms with Gasteiger partial charge in [-0.1, -0.05) is 80.2 Å². The molecule has 0 saturated carbocycles. The molecule has 36 heavy (non-hydrogen) atoms. The Morgan fingerprint density at radius 2 is 1.89 bits per heavy atom. The topological polar surface area (TPSA) is 81.3 Å². The zero-order valence-electron chi connectivity index (χ0n) is 20.7. The lowest BCUT2D eigenvalue weighted by atomic mass is 9.69. The fourth-order valence-corrected chi connectivity index (χ4v) is 5.59. The molecule has 1 amide bonds. The van der Waals surface area contributed by atoms with Gasteiger partial charge < -0.3 is 5.32 Å². The molecule has 0 unspecified atom stereocenters. The number of aromatic nitrogens is 4. The summed E-state index contributed by atoms with van der Waals surface area (Å²) in [4.78, 5) is 31.8. The van der Waals surface area contributed by atoms with Crippen LogP contribution in [-0.4, -0.2) is 30.8 Å². The minimum absolute atomic E-state index is 0.117. The van der Waals surface area contributed by atoms with E-state index in [4.69, 9.17) is 10.1 Å². The number of para-hydroxylation sites is 1. The van der Waals surface area contributed by atoms with E-state index < -0.39 is 0 Å². The summed E-state index contributed by atoms with van der Waals surface area (Å²) < 4.78 is 3.28. The van der Waals surface area contributed by atoms with Crippen LogP contribution in [0.1, 0.15) is 38.3 Å². The number of hydrogen-bond acceptors (Lipinski definition) is 5. The quantitative estimate of drug-likeness (QED) is 0.283. The average Bonchev–Trinajstić information content (AvgIpc) is 3.20. The summed E-state index contributed by atoms with van der Waals surface area (Å²) in [6.45, 7) is 10.6. The van der Waals surface area contributed by atoms with E-state index in [2.05, 4.69) is 31.8 Å². The minimum atomic E-state index is -0.349. The van der Waals surface area contributed by atoms with E-state index in [1.165, 1.54) is 17.3 Å². The van der Waals surface area contributed by atoms with E-state index in [1.54, 1.807) is 9.08 Å². The lowest BCUT2D eigenvalue weighted by Crippen LogP contribution is -2.38. The van der Waals surface area contributed by atoms with Crippen LogP contribution in [0.15, 0.2) is 76.7 Å². The van der Waals surface area contributed by atoms with Gasteiger partial charge in [-0.25, -0.2) is 14.1 Å². The highest BCUT2D eigenvalue weighted by molar-refractivity contribution is 7.99. The number of benzene rings is 2. The minimum Gasteiger partial charge on any atom is -0.325 e. The molecule has 0 radical (unpaired) electrons. The first kappa shape index (κ1) is 24.1. The molecular weight excluding hydrogens is 470 g/mol. The Labute approximate surface area is 214 Å². The fraction of sp³-hybridized carbons (Fsp3) is 0.286. The average molecular weight is 500 g/mol. The maximum atomic E-state index is 14.1. The van der Waals surface area contributed by atoms with Gasteiger partial charge in [-0.2, -0.15) is 0 Å². The first-order valence-corrected chi connectivity index (χ1v) is 13.0. The maximum absolute atomic E-state index is 14.1. The lowest BCUT2D eigenvalue weighted by molar-refractivity contribution is -0.113. The van der Waals surface area contributed by atoms with Crippen molar-refractivity contribution in [2.45, 2.75) is 50.7 Å². The molecule has 7 nitrogen and oxygen atoms in total. The number of anilines is 1. The SMILES string of the molecule is C=C(C)Cn1nc(SCC(=O)Nc2ccccc2)n2c(=O)c3c(nc12)-c1ccccc1C[C@@]3(C)CC. The molecule has 1 aliphatic rings. The summed E-state index contributed by atoms with van der Waals surface area (Å²) in [5.41, 5.74) is 4.79. The van der Waals surface area contributed by atoms with Crippen molar-refractivity contribution >= 4 is 29.1 Å². The summed E-state index contributed by atoms with van der Waals surface area (Å²) in [7, 11) is 0. The Balaban J connectivity index is 1.62. The van der Waals surface area contributed by atoms with Crippen molar-refractivity contribution in [1.82, 2.24) is 19.2 Å². The second-order valence-electron chi connectivity index (χ2n) is 9.62. The summed E-state index contributed by atoms with van der Waals surface area (Å²) >= 11 is 1.23. The van der Waals surface area contributed by atoms with Crippen LogP contribution in [0.3, 0.4) is 0 Å². The van der Waals surface area contributed by atoms with Gasteiger partial charge in [0.25, 0.3) is 5.56 Å². The third-order valence-electron chi connectivity index (χ3n) is 6.74. The molecule has 8 heteroatoms. The zero-order chi connectivity index (χ0) is 25.4. The second kappa shape index (κ2) is 9.43. The standard InChI is InChI=1S/C28H29N5O2S/c1-5-28(4)15-19-11-9-10-14-21(19)24-23(28)25(35)33-26(30-24)32(16-18(2)3)31-27(33)36-17-22(34)29-20-12-7-6-8-13-20/h6-14H,2,5,15-17H2,1,3-4H3,(H,29,34)/t28-/m1/s1. The van der Waals surface area contributed by atoms with Crippen LogP contribution in [0.5, 0.6) is 0 Å². The van der Waals surface area contributed by atoms with Crippen molar-refractivity contribution in [3.63, 3.8) is 0 Å². The molecule has 184 valence electrons. The Hall–Kier alpha value is -3.65. The molecule has 4 aromatic rings. The molecule has 1 atom stereocenters. The first-order valence-electron chi connectivity index (χ1n) is 12.0. The number of amides is 1. The number of carbonyl (C=O) groups is 1. The maximum Gasteiger partial charge on any atom is 0.265 e. The highest BCUT2D eigenvalue weighted by Gasteiger charge is 2.38. The summed E-state index contributed by atoms with van der Waals surface area (Å²) in [6, 6.07) is 17.5. The van der Waals surface area contributed by atoms with Crippen molar-refractivity contribution in [1.29, 1.82) is 0 Å². The lowest BCUT2D eigenvalue weighted by Gasteiger charge is -2.35. The number of carbonyl (C=O) groups excluding carboxylic acids is 1. The van der Waals surface area contributed by atoms with Crippen molar-refractivity contribution in [3.8, 4) is 11.3 Å². The third-order valence-corrected chi connectivity index (χ3v) is 7.67. The van der Waals surface area contributed by atoms with Crippen molar-refractivity contribution in [2.24, 2.45) is 0 Å². The van der Waals surface area contributed by atoms with Gasteiger partial charge in [0.05, 0.1) is 23.6 Å². The van der Waals surface area contributed by atoms with Crippen molar-refractivity contribution < 1.29 is 4.79 Å². The second-order valence-corrected chi connectivity index (χ2v) is 10.6. The predicted octanol–water partition coefficient (Wildman–Crippen LogP) is 5.09. The highest BCUT2D eigenvalue weighted by atomic mass is 32.2. The molecule has 2 aromatic heterocycles. The van der Waals surface area contributed by atoms with E-state index in [0.717, 1.165) is 35.4 Å². The monoisotopic (exact) mass is 499 g/mol. The predicted molar refractivity (Wildman–Crippen MR) is 145 cm³/mol. The molecule has 0 spiro atoms. The number of nitrogens with zero attached hydrogens (tertiary/aromatic N) is 4. The van der Waals surface area contributed by atoms with Crippen LogP contribution in [0.2, 0.25) is 0 Å². The van der Waals surface area contributed by atoms with E-state index in [-0.39, 0.29) is 22.6 Å². The normalized spacial score (nSPS) is 16.4. The molecule has 0 bridgehead atoms. The number of hydrogen-bond donors (Lipinski definition) is 1. The van der Waals surface area contributed by atoms with Crippen LogP contribution >= 0.6 is 11.8 Å². The van der Waals surface area contributed by atoms with Gasteiger partial charge in [0.15, 0.2) is 5.16 Å². The zero-order valence-corrected chi connectivity index (χ0v) is 21.6. The smallest absolute Gasteiger partial charge is 0.265 e. The molecular formula is C28H29N5O2S. The van der Waals surface area contributed by atoms with Crippen LogP contribution in [0, 0.1) is 0 Å². The number of fused-ring (bicyclic) bond motifs is 4. The molecule has 1 aliphatic carbocycles. The van der Waals surface area contributed by atoms with Gasteiger partial charge >= 0.3 is 0 Å². The molecule has 1 N–H and O–H groups in total. The van der Waals surface area contributed by atoms with E-state index in [1.807, 2.05) is 55.5 Å². The summed E-state index contributed by atoms with van der Waals surface area (Å²) in [6.07, 6.45) is 1.58.